The van der Waals surface area contributed by atoms with Crippen molar-refractivity contribution in [3.05, 3.63) is 24.3 Å². The van der Waals surface area contributed by atoms with Gasteiger partial charge in [-0.3, -0.25) is 0 Å². The first-order chi connectivity index (χ1) is 8.31. The second-order valence-corrected chi connectivity index (χ2v) is 5.84. The van der Waals surface area contributed by atoms with E-state index in [4.69, 9.17) is 13.6 Å². The van der Waals surface area contributed by atoms with E-state index in [1.807, 2.05) is 24.3 Å². The lowest BCUT2D eigenvalue weighted by Crippen LogP contribution is -2.37. The Hall–Kier alpha value is -0.843. The molecule has 0 saturated heterocycles. The Labute approximate surface area is 106 Å². The molecule has 0 fully saturated rings. The fourth-order valence-electron chi connectivity index (χ4n) is 1.45. The fourth-order valence-corrected chi connectivity index (χ4v) is 3.34. The number of hydrogen-bond acceptors (Lipinski definition) is 3. The summed E-state index contributed by atoms with van der Waals surface area (Å²) in [5, 5.41) is 1.17. The molecule has 96 valence electrons. The summed E-state index contributed by atoms with van der Waals surface area (Å²) in [5.41, 5.74) is 0. The minimum Gasteiger partial charge on any atom is -0.497 e. The first-order valence-corrected chi connectivity index (χ1v) is 7.71. The summed E-state index contributed by atoms with van der Waals surface area (Å²) in [6.07, 6.45) is 2.05. The molecule has 0 heterocycles. The van der Waals surface area contributed by atoms with E-state index in [1.165, 1.54) is 5.19 Å². The monoisotopic (exact) mass is 254 g/mol. The molecule has 0 N–H and O–H groups in total. The predicted molar refractivity (Wildman–Crippen MR) is 72.3 cm³/mol. The first kappa shape index (κ1) is 14.2. The van der Waals surface area contributed by atoms with Gasteiger partial charge in [-0.15, -0.1) is 0 Å². The Morgan fingerprint density at radius 3 is 1.88 bits per heavy atom. The molecule has 0 atom stereocenters. The molecule has 1 aromatic carbocycles. The minimum absolute atomic E-state index is 0.770. The third-order valence-corrected chi connectivity index (χ3v) is 4.34. The maximum atomic E-state index is 5.83. The van der Waals surface area contributed by atoms with Crippen LogP contribution >= 0.6 is 0 Å². The van der Waals surface area contributed by atoms with Crippen LogP contribution in [0.25, 0.3) is 0 Å². The second kappa shape index (κ2) is 8.28. The first-order valence-electron chi connectivity index (χ1n) is 6.19. The number of ether oxygens (including phenoxy) is 1. The van der Waals surface area contributed by atoms with Gasteiger partial charge in [0.05, 0.1) is 7.11 Å². The van der Waals surface area contributed by atoms with Crippen molar-refractivity contribution < 1.29 is 13.6 Å². The lowest BCUT2D eigenvalue weighted by atomic mass is 10.3. The number of rotatable bonds is 8. The van der Waals surface area contributed by atoms with E-state index in [2.05, 4.69) is 13.8 Å². The van der Waals surface area contributed by atoms with E-state index >= 15 is 0 Å². The average molecular weight is 254 g/mol. The van der Waals surface area contributed by atoms with Crippen molar-refractivity contribution >= 4 is 14.5 Å². The zero-order chi connectivity index (χ0) is 12.5. The van der Waals surface area contributed by atoms with Crippen molar-refractivity contribution in [1.82, 2.24) is 0 Å². The van der Waals surface area contributed by atoms with Crippen LogP contribution in [0.1, 0.15) is 26.7 Å². The van der Waals surface area contributed by atoms with Gasteiger partial charge in [0.25, 0.3) is 0 Å². The highest BCUT2D eigenvalue weighted by Gasteiger charge is 2.15. The Bertz CT molecular complexity index is 292. The van der Waals surface area contributed by atoms with Crippen LogP contribution < -0.4 is 9.92 Å². The molecule has 0 radical (unpaired) electrons. The molecule has 0 amide bonds. The van der Waals surface area contributed by atoms with Crippen molar-refractivity contribution in [3.63, 3.8) is 0 Å². The van der Waals surface area contributed by atoms with Crippen molar-refractivity contribution in [3.8, 4) is 5.75 Å². The molecule has 0 bridgehead atoms. The third-order valence-electron chi connectivity index (χ3n) is 2.33. The molecule has 1 rings (SSSR count). The molecule has 4 heteroatoms. The molecular weight excluding hydrogens is 232 g/mol. The maximum Gasteiger partial charge on any atom is 0.355 e. The van der Waals surface area contributed by atoms with E-state index in [1.54, 1.807) is 7.11 Å². The Morgan fingerprint density at radius 1 is 0.941 bits per heavy atom. The van der Waals surface area contributed by atoms with Gasteiger partial charge >= 0.3 is 9.28 Å². The summed E-state index contributed by atoms with van der Waals surface area (Å²) < 4.78 is 16.8. The van der Waals surface area contributed by atoms with Gasteiger partial charge < -0.3 is 13.6 Å². The highest BCUT2D eigenvalue weighted by atomic mass is 28.3. The van der Waals surface area contributed by atoms with Gasteiger partial charge in [-0.25, -0.2) is 0 Å². The third kappa shape index (κ3) is 4.89. The van der Waals surface area contributed by atoms with Gasteiger partial charge in [-0.05, 0) is 30.2 Å². The Kier molecular flexibility index (Phi) is 6.92. The Balaban J connectivity index is 2.65. The van der Waals surface area contributed by atoms with Crippen LogP contribution in [0.2, 0.25) is 0 Å². The van der Waals surface area contributed by atoms with E-state index in [0.717, 1.165) is 31.8 Å². The normalized spacial score (nSPS) is 10.8. The molecule has 0 aliphatic carbocycles. The van der Waals surface area contributed by atoms with E-state index in [-0.39, 0.29) is 0 Å². The van der Waals surface area contributed by atoms with Crippen LogP contribution in [-0.2, 0) is 8.85 Å². The van der Waals surface area contributed by atoms with Crippen LogP contribution in [0, 0.1) is 0 Å². The topological polar surface area (TPSA) is 27.7 Å². The highest BCUT2D eigenvalue weighted by Crippen LogP contribution is 2.07. The maximum absolute atomic E-state index is 5.83. The van der Waals surface area contributed by atoms with Gasteiger partial charge in [-0.1, -0.05) is 26.0 Å². The molecule has 1 aromatic rings. The van der Waals surface area contributed by atoms with E-state index in [9.17, 15) is 0 Å². The number of methoxy groups -OCH3 is 1. The molecule has 3 nitrogen and oxygen atoms in total. The summed E-state index contributed by atoms with van der Waals surface area (Å²) in [6, 6.07) is 8.00. The predicted octanol–water partition coefficient (Wildman–Crippen LogP) is 1.98. The SMILES string of the molecule is CCCO[SiH](OCCC)c1ccc(OC)cc1. The molecule has 17 heavy (non-hydrogen) atoms. The van der Waals surface area contributed by atoms with Gasteiger partial charge in [0, 0.05) is 13.2 Å². The number of benzene rings is 1. The molecule has 0 aromatic heterocycles. The van der Waals surface area contributed by atoms with Crippen LogP contribution in [-0.4, -0.2) is 29.6 Å². The van der Waals surface area contributed by atoms with Crippen molar-refractivity contribution in [2.24, 2.45) is 0 Å². The summed E-state index contributed by atoms with van der Waals surface area (Å²) in [7, 11) is -0.0429. The largest absolute Gasteiger partial charge is 0.497 e. The molecule has 0 spiro atoms. The van der Waals surface area contributed by atoms with Crippen LogP contribution in [0.4, 0.5) is 0 Å². The summed E-state index contributed by atoms with van der Waals surface area (Å²) >= 11 is 0. The lowest BCUT2D eigenvalue weighted by Gasteiger charge is -2.16. The molecular formula is C13H22O3Si. The average Bonchev–Trinajstić information content (AvgIpc) is 2.39. The van der Waals surface area contributed by atoms with Crippen LogP contribution in [0.15, 0.2) is 24.3 Å². The van der Waals surface area contributed by atoms with Gasteiger partial charge in [0.15, 0.2) is 0 Å². The Morgan fingerprint density at radius 2 is 1.47 bits per heavy atom. The van der Waals surface area contributed by atoms with Crippen molar-refractivity contribution in [1.29, 1.82) is 0 Å². The highest BCUT2D eigenvalue weighted by molar-refractivity contribution is 6.61. The zero-order valence-electron chi connectivity index (χ0n) is 10.9. The van der Waals surface area contributed by atoms with E-state index < -0.39 is 9.28 Å². The molecule has 0 aliphatic heterocycles. The quantitative estimate of drug-likeness (QED) is 0.664. The second-order valence-electron chi connectivity index (χ2n) is 3.85. The standard InChI is InChI=1S/C13H22O3Si/c1-4-10-15-17(16-11-5-2)13-8-6-12(14-3)7-9-13/h6-9,17H,4-5,10-11H2,1-3H3. The fraction of sp³-hybridized carbons (Fsp3) is 0.538. The minimum atomic E-state index is -1.71. The van der Waals surface area contributed by atoms with Gasteiger partial charge in [-0.2, -0.15) is 0 Å². The van der Waals surface area contributed by atoms with Crippen LogP contribution in [0.5, 0.6) is 5.75 Å². The lowest BCUT2D eigenvalue weighted by molar-refractivity contribution is 0.207. The number of hydrogen-bond donors (Lipinski definition) is 0. The summed E-state index contributed by atoms with van der Waals surface area (Å²) in [5.74, 6) is 0.868. The van der Waals surface area contributed by atoms with Crippen LogP contribution in [0.3, 0.4) is 0 Å². The van der Waals surface area contributed by atoms with Crippen molar-refractivity contribution in [2.75, 3.05) is 20.3 Å². The van der Waals surface area contributed by atoms with Gasteiger partial charge in [0.1, 0.15) is 5.75 Å². The molecule has 0 unspecified atom stereocenters. The summed E-state index contributed by atoms with van der Waals surface area (Å²) in [4.78, 5) is 0. The molecule has 0 aliphatic rings. The molecule has 0 saturated carbocycles. The zero-order valence-corrected chi connectivity index (χ0v) is 12.1. The van der Waals surface area contributed by atoms with Gasteiger partial charge in [0.2, 0.25) is 0 Å². The van der Waals surface area contributed by atoms with Crippen molar-refractivity contribution in [2.45, 2.75) is 26.7 Å². The van der Waals surface area contributed by atoms with E-state index in [0.29, 0.717) is 0 Å². The smallest absolute Gasteiger partial charge is 0.355 e. The summed E-state index contributed by atoms with van der Waals surface area (Å²) in [6.45, 7) is 5.76.